The quantitative estimate of drug-likeness (QED) is 0.129. The molecule has 0 radical (unpaired) electrons. The first-order valence-electron chi connectivity index (χ1n) is 27.2. The maximum Gasteiger partial charge on any atom is 0.137 e. The molecule has 0 saturated heterocycles. The molecule has 15 rings (SSSR count). The number of anilines is 7. The van der Waals surface area contributed by atoms with Crippen LogP contribution in [0.4, 0.5) is 39.8 Å². The highest BCUT2D eigenvalue weighted by molar-refractivity contribution is 6.06. The minimum absolute atomic E-state index is 0.126. The van der Waals surface area contributed by atoms with E-state index in [1.54, 1.807) is 0 Å². The maximum absolute atomic E-state index is 6.53. The van der Waals surface area contributed by atoms with Crippen LogP contribution in [0.5, 0.6) is 0 Å². The van der Waals surface area contributed by atoms with E-state index in [1.807, 2.05) is 6.07 Å². The summed E-state index contributed by atoms with van der Waals surface area (Å²) in [5.74, 6) is 0.131. The van der Waals surface area contributed by atoms with Crippen LogP contribution >= 0.6 is 0 Å². The molecule has 0 spiro atoms. The van der Waals surface area contributed by atoms with Gasteiger partial charge in [-0.2, -0.15) is 0 Å². The summed E-state index contributed by atoms with van der Waals surface area (Å²) < 4.78 is 6.53. The van der Waals surface area contributed by atoms with Crippen molar-refractivity contribution in [1.29, 1.82) is 0 Å². The van der Waals surface area contributed by atoms with Crippen LogP contribution in [0.2, 0.25) is 0 Å². The van der Waals surface area contributed by atoms with E-state index in [1.165, 1.54) is 77.9 Å². The summed E-state index contributed by atoms with van der Waals surface area (Å²) in [6, 6.07) is 95.3. The second kappa shape index (κ2) is 19.0. The average Bonchev–Trinajstić information content (AvgIpc) is 4.15. The van der Waals surface area contributed by atoms with E-state index in [2.05, 4.69) is 294 Å². The van der Waals surface area contributed by atoms with Gasteiger partial charge in [0.25, 0.3) is 0 Å². The summed E-state index contributed by atoms with van der Waals surface area (Å²) in [6.07, 6.45) is 11.1. The van der Waals surface area contributed by atoms with E-state index in [0.29, 0.717) is 0 Å². The number of nitrogens with zero attached hydrogens (tertiary/aromatic N) is 3. The van der Waals surface area contributed by atoms with Gasteiger partial charge in [-0.3, -0.25) is 0 Å². The normalized spacial score (nSPS) is 15.2. The van der Waals surface area contributed by atoms with Crippen LogP contribution in [0, 0.1) is 5.92 Å². The molecule has 0 bridgehead atoms. The van der Waals surface area contributed by atoms with Crippen molar-refractivity contribution in [3.05, 3.63) is 308 Å². The van der Waals surface area contributed by atoms with Crippen LogP contribution < -0.4 is 14.7 Å². The number of hydrogen-bond donors (Lipinski definition) is 0. The third-order valence-electron chi connectivity index (χ3n) is 16.2. The molecule has 1 fully saturated rings. The Morgan fingerprint density at radius 2 is 0.897 bits per heavy atom. The molecule has 12 aromatic rings. The van der Waals surface area contributed by atoms with Crippen molar-refractivity contribution < 1.29 is 4.42 Å². The molecule has 4 heteroatoms. The summed E-state index contributed by atoms with van der Waals surface area (Å²) in [6.45, 7) is 0. The highest BCUT2D eigenvalue weighted by Gasteiger charge is 2.52. The molecule has 4 nitrogen and oxygen atoms in total. The zero-order valence-corrected chi connectivity index (χ0v) is 43.0. The van der Waals surface area contributed by atoms with Gasteiger partial charge in [-0.05, 0) is 171 Å². The van der Waals surface area contributed by atoms with Crippen LogP contribution in [0.25, 0.3) is 66.1 Å². The van der Waals surface area contributed by atoms with E-state index >= 15 is 0 Å². The summed E-state index contributed by atoms with van der Waals surface area (Å²) in [4.78, 5) is 7.48. The van der Waals surface area contributed by atoms with E-state index in [-0.39, 0.29) is 12.0 Å². The molecule has 3 aliphatic rings. The Morgan fingerprint density at radius 3 is 1.72 bits per heavy atom. The van der Waals surface area contributed by atoms with Crippen molar-refractivity contribution in [2.24, 2.45) is 5.92 Å². The Bertz CT molecular complexity index is 4320. The molecule has 0 N–H and O–H groups in total. The van der Waals surface area contributed by atoms with Gasteiger partial charge in [-0.1, -0.05) is 182 Å². The van der Waals surface area contributed by atoms with Crippen molar-refractivity contribution in [2.75, 3.05) is 14.7 Å². The summed E-state index contributed by atoms with van der Waals surface area (Å²) >= 11 is 0. The van der Waals surface area contributed by atoms with Gasteiger partial charge < -0.3 is 19.1 Å². The number of hydrogen-bond acceptors (Lipinski definition) is 4. The first-order valence-corrected chi connectivity index (χ1v) is 27.2. The van der Waals surface area contributed by atoms with Gasteiger partial charge in [0.1, 0.15) is 11.2 Å². The molecule has 1 saturated carbocycles. The second-order valence-electron chi connectivity index (χ2n) is 20.7. The molecule has 3 aliphatic carbocycles. The first-order chi connectivity index (χ1) is 38.7. The smallest absolute Gasteiger partial charge is 0.137 e. The van der Waals surface area contributed by atoms with Crippen LogP contribution in [0.15, 0.2) is 301 Å². The van der Waals surface area contributed by atoms with Crippen molar-refractivity contribution >= 4 is 72.5 Å². The highest BCUT2D eigenvalue weighted by Crippen LogP contribution is 2.56. The zero-order valence-electron chi connectivity index (χ0n) is 43.0. The van der Waals surface area contributed by atoms with Gasteiger partial charge in [-0.25, -0.2) is 0 Å². The van der Waals surface area contributed by atoms with Crippen molar-refractivity contribution in [3.8, 4) is 33.4 Å². The molecule has 1 heterocycles. The average molecular weight is 1000 g/mol. The van der Waals surface area contributed by atoms with E-state index in [0.717, 1.165) is 63.2 Å². The Labute approximate surface area is 455 Å². The lowest BCUT2D eigenvalue weighted by Gasteiger charge is -2.32. The highest BCUT2D eigenvalue weighted by atomic mass is 16.3. The maximum atomic E-state index is 6.53. The fraction of sp³-hybridized carbons (Fsp3) is 0.0541. The molecule has 370 valence electrons. The van der Waals surface area contributed by atoms with Crippen LogP contribution in [0.3, 0.4) is 0 Å². The molecule has 2 unspecified atom stereocenters. The third kappa shape index (κ3) is 8.00. The van der Waals surface area contributed by atoms with Gasteiger partial charge in [0.15, 0.2) is 0 Å². The number of aryl methyl sites for hydroxylation is 2. The Balaban J connectivity index is 0.862. The molecule has 0 aliphatic heterocycles. The lowest BCUT2D eigenvalue weighted by atomic mass is 9.84. The molecule has 1 aromatic heterocycles. The number of fused-ring (bicyclic) bond motifs is 8. The number of rotatable bonds is 11. The fourth-order valence-electron chi connectivity index (χ4n) is 12.5. The molecule has 78 heavy (non-hydrogen) atoms. The van der Waals surface area contributed by atoms with E-state index in [9.17, 15) is 0 Å². The molecule has 2 atom stereocenters. The SMILES string of the molecule is C1=CC=C(N(c2cccc(-c3cccc4ccccc34)c2)c2ccc3c(c2)CCc2ccc(N(c4cccc(-c5ccccc5)c4)c4ccc5c(c4)oc4ccccc45)cc2-3)C2C(=C1)C2N(c1ccccc1)c1ccccc1. The Hall–Kier alpha value is -9.90. The van der Waals surface area contributed by atoms with Crippen molar-refractivity contribution in [1.82, 2.24) is 0 Å². The van der Waals surface area contributed by atoms with Crippen LogP contribution in [-0.4, -0.2) is 6.04 Å². The molecular weight excluding hydrogens is 947 g/mol. The van der Waals surface area contributed by atoms with Gasteiger partial charge in [0.2, 0.25) is 0 Å². The molecule has 0 amide bonds. The zero-order chi connectivity index (χ0) is 51.5. The fourth-order valence-corrected chi connectivity index (χ4v) is 12.5. The molecular formula is C74H53N3O. The summed E-state index contributed by atoms with van der Waals surface area (Å²) in [5.41, 5.74) is 22.3. The van der Waals surface area contributed by atoms with Crippen LogP contribution in [0.1, 0.15) is 11.1 Å². The predicted octanol–water partition coefficient (Wildman–Crippen LogP) is 19.7. The number of allylic oxidation sites excluding steroid dienone is 4. The van der Waals surface area contributed by atoms with Crippen molar-refractivity contribution in [3.63, 3.8) is 0 Å². The van der Waals surface area contributed by atoms with Gasteiger partial charge in [-0.15, -0.1) is 0 Å². The first kappa shape index (κ1) is 45.5. The lowest BCUT2D eigenvalue weighted by Crippen LogP contribution is -2.25. The van der Waals surface area contributed by atoms with Crippen molar-refractivity contribution in [2.45, 2.75) is 18.9 Å². The van der Waals surface area contributed by atoms with E-state index < -0.39 is 0 Å². The topological polar surface area (TPSA) is 22.9 Å². The van der Waals surface area contributed by atoms with Gasteiger partial charge in [0.05, 0.1) is 6.04 Å². The molecule has 11 aromatic carbocycles. The van der Waals surface area contributed by atoms with Gasteiger partial charge in [0, 0.05) is 68.3 Å². The minimum atomic E-state index is 0.126. The second-order valence-corrected chi connectivity index (χ2v) is 20.7. The summed E-state index contributed by atoms with van der Waals surface area (Å²) in [7, 11) is 0. The number of benzene rings is 11. The van der Waals surface area contributed by atoms with Gasteiger partial charge >= 0.3 is 0 Å². The van der Waals surface area contributed by atoms with Crippen LogP contribution in [-0.2, 0) is 12.8 Å². The Morgan fingerprint density at radius 1 is 0.333 bits per heavy atom. The lowest BCUT2D eigenvalue weighted by molar-refractivity contribution is 0.669. The minimum Gasteiger partial charge on any atom is -0.456 e. The monoisotopic (exact) mass is 999 g/mol. The summed E-state index contributed by atoms with van der Waals surface area (Å²) in [5, 5.41) is 4.72. The Kier molecular flexibility index (Phi) is 11.1. The number of para-hydroxylation sites is 3. The van der Waals surface area contributed by atoms with E-state index in [4.69, 9.17) is 4.42 Å². The number of furan rings is 1. The third-order valence-corrected chi connectivity index (χ3v) is 16.2. The predicted molar refractivity (Wildman–Crippen MR) is 326 cm³/mol. The standard InChI is InChI=1S/C74H53N3O/c1-4-19-50(20-5-1)53-23-16-29-58(45-53)75(62-42-44-67-66-32-13-15-36-71(66)78-72(67)49-62)61-40-39-52-37-38-55-47-60(41-43-65(55)69(52)48-61)76(59-30-17-24-54(46-59)64-34-18-22-51-21-10-11-31-63(51)64)70-35-14-12-33-68-73(70)74(68)77(56-25-6-2-7-26-56)57-27-8-3-9-28-57/h1-36,39-49,73-74H,37-38H2. The largest absolute Gasteiger partial charge is 0.456 e.